The Bertz CT molecular complexity index is 830. The first-order valence-electron chi connectivity index (χ1n) is 7.89. The number of nitrogens with zero attached hydrogens (tertiary/aromatic N) is 2. The predicted molar refractivity (Wildman–Crippen MR) is 84.1 cm³/mol. The Morgan fingerprint density at radius 3 is 2.96 bits per heavy atom. The van der Waals surface area contributed by atoms with Gasteiger partial charge in [-0.25, -0.2) is 0 Å². The van der Waals surface area contributed by atoms with Crippen molar-refractivity contribution in [2.24, 2.45) is 5.92 Å². The van der Waals surface area contributed by atoms with Crippen molar-refractivity contribution in [3.8, 4) is 11.5 Å². The minimum Gasteiger partial charge on any atom is -0.459 e. The van der Waals surface area contributed by atoms with Crippen LogP contribution in [0, 0.1) is 12.8 Å². The molecule has 0 spiro atoms. The number of carbonyl (C=O) groups excluding carboxylic acids is 2. The van der Waals surface area contributed by atoms with Gasteiger partial charge in [0.25, 0.3) is 0 Å². The standard InChI is InChI=1S/C17H16N2O6/c1-10-4-12(18-25-10)8-22-17(21)11-5-16(20)19(7-11)13-2-3-14-15(6-13)24-9-23-14/h2-4,6,11H,5,7-9H2,1H3. The molecule has 1 aromatic carbocycles. The molecular weight excluding hydrogens is 328 g/mol. The Labute approximate surface area is 143 Å². The van der Waals surface area contributed by atoms with Crippen molar-refractivity contribution >= 4 is 17.6 Å². The van der Waals surface area contributed by atoms with Crippen molar-refractivity contribution in [3.05, 3.63) is 35.7 Å². The molecule has 25 heavy (non-hydrogen) atoms. The highest BCUT2D eigenvalue weighted by Gasteiger charge is 2.36. The van der Waals surface area contributed by atoms with Crippen molar-refractivity contribution < 1.29 is 28.3 Å². The van der Waals surface area contributed by atoms with Crippen LogP contribution >= 0.6 is 0 Å². The van der Waals surface area contributed by atoms with Crippen LogP contribution in [0.15, 0.2) is 28.8 Å². The maximum absolute atomic E-state index is 12.3. The number of benzene rings is 1. The summed E-state index contributed by atoms with van der Waals surface area (Å²) in [6.07, 6.45) is 0.116. The summed E-state index contributed by atoms with van der Waals surface area (Å²) in [7, 11) is 0. The van der Waals surface area contributed by atoms with Gasteiger partial charge < -0.3 is 23.6 Å². The van der Waals surface area contributed by atoms with Crippen LogP contribution < -0.4 is 14.4 Å². The molecule has 2 aliphatic rings. The molecule has 8 heteroatoms. The second kappa shape index (κ2) is 6.12. The highest BCUT2D eigenvalue weighted by atomic mass is 16.7. The number of rotatable bonds is 4. The van der Waals surface area contributed by atoms with E-state index in [4.69, 9.17) is 18.7 Å². The van der Waals surface area contributed by atoms with Crippen LogP contribution in [0.1, 0.15) is 17.9 Å². The minimum absolute atomic E-state index is 0.0326. The number of esters is 1. The Morgan fingerprint density at radius 1 is 1.32 bits per heavy atom. The van der Waals surface area contributed by atoms with Gasteiger partial charge in [-0.3, -0.25) is 9.59 Å². The fourth-order valence-electron chi connectivity index (χ4n) is 2.92. The first kappa shape index (κ1) is 15.5. The van der Waals surface area contributed by atoms with Crippen molar-refractivity contribution in [2.75, 3.05) is 18.2 Å². The second-order valence-corrected chi connectivity index (χ2v) is 5.98. The van der Waals surface area contributed by atoms with Gasteiger partial charge in [-0.05, 0) is 19.1 Å². The summed E-state index contributed by atoms with van der Waals surface area (Å²) < 4.78 is 20.8. The molecule has 4 rings (SSSR count). The molecule has 2 aromatic rings. The molecule has 0 bridgehead atoms. The van der Waals surface area contributed by atoms with E-state index in [9.17, 15) is 9.59 Å². The quantitative estimate of drug-likeness (QED) is 0.781. The molecule has 0 saturated carbocycles. The predicted octanol–water partition coefficient (Wildman–Crippen LogP) is 1.81. The molecule has 3 heterocycles. The molecule has 1 amide bonds. The van der Waals surface area contributed by atoms with Gasteiger partial charge in [0.15, 0.2) is 11.5 Å². The van der Waals surface area contributed by atoms with Crippen molar-refractivity contribution in [2.45, 2.75) is 20.0 Å². The van der Waals surface area contributed by atoms with Gasteiger partial charge in [0.1, 0.15) is 18.1 Å². The van der Waals surface area contributed by atoms with Crippen LogP contribution in [0.3, 0.4) is 0 Å². The lowest BCUT2D eigenvalue weighted by Gasteiger charge is -2.16. The molecular formula is C17H16N2O6. The van der Waals surface area contributed by atoms with E-state index in [1.54, 1.807) is 36.1 Å². The van der Waals surface area contributed by atoms with Crippen LogP contribution in [-0.2, 0) is 20.9 Å². The third kappa shape index (κ3) is 3.02. The van der Waals surface area contributed by atoms with E-state index in [0.717, 1.165) is 0 Å². The smallest absolute Gasteiger partial charge is 0.311 e. The van der Waals surface area contributed by atoms with E-state index >= 15 is 0 Å². The lowest BCUT2D eigenvalue weighted by Crippen LogP contribution is -2.26. The van der Waals surface area contributed by atoms with Gasteiger partial charge in [0.2, 0.25) is 12.7 Å². The topological polar surface area (TPSA) is 91.1 Å². The lowest BCUT2D eigenvalue weighted by atomic mass is 10.1. The summed E-state index contributed by atoms with van der Waals surface area (Å²) in [5.41, 5.74) is 1.22. The largest absolute Gasteiger partial charge is 0.459 e. The number of ether oxygens (including phenoxy) is 3. The van der Waals surface area contributed by atoms with Gasteiger partial charge in [0.05, 0.1) is 5.92 Å². The number of anilines is 1. The van der Waals surface area contributed by atoms with Gasteiger partial charge in [-0.1, -0.05) is 5.16 Å². The molecule has 1 aromatic heterocycles. The molecule has 1 unspecified atom stereocenters. The zero-order valence-corrected chi connectivity index (χ0v) is 13.6. The summed E-state index contributed by atoms with van der Waals surface area (Å²) in [5, 5.41) is 3.77. The number of carbonyl (C=O) groups is 2. The Hall–Kier alpha value is -3.03. The number of fused-ring (bicyclic) bond motifs is 1. The summed E-state index contributed by atoms with van der Waals surface area (Å²) >= 11 is 0. The van der Waals surface area contributed by atoms with Gasteiger partial charge in [-0.15, -0.1) is 0 Å². The van der Waals surface area contributed by atoms with E-state index in [2.05, 4.69) is 5.16 Å². The normalized spacial score (nSPS) is 18.7. The molecule has 130 valence electrons. The average Bonchev–Trinajstić information content (AvgIpc) is 3.31. The Kier molecular flexibility index (Phi) is 3.79. The SMILES string of the molecule is Cc1cc(COC(=O)C2CC(=O)N(c3ccc4c(c3)OCO4)C2)no1. The first-order valence-corrected chi connectivity index (χ1v) is 7.89. The number of aryl methyl sites for hydroxylation is 1. The fraction of sp³-hybridized carbons (Fsp3) is 0.353. The van der Waals surface area contributed by atoms with Crippen molar-refractivity contribution in [3.63, 3.8) is 0 Å². The van der Waals surface area contributed by atoms with Crippen LogP contribution in [0.2, 0.25) is 0 Å². The summed E-state index contributed by atoms with van der Waals surface area (Å²) in [6, 6.07) is 6.97. The maximum Gasteiger partial charge on any atom is 0.311 e. The zero-order chi connectivity index (χ0) is 17.4. The molecule has 2 aliphatic heterocycles. The van der Waals surface area contributed by atoms with E-state index < -0.39 is 11.9 Å². The highest BCUT2D eigenvalue weighted by molar-refractivity contribution is 5.99. The van der Waals surface area contributed by atoms with Crippen LogP contribution in [0.5, 0.6) is 11.5 Å². The monoisotopic (exact) mass is 344 g/mol. The van der Waals surface area contributed by atoms with Crippen LogP contribution in [-0.4, -0.2) is 30.4 Å². The third-order valence-corrected chi connectivity index (χ3v) is 4.17. The van der Waals surface area contributed by atoms with Crippen molar-refractivity contribution in [1.82, 2.24) is 5.16 Å². The molecule has 8 nitrogen and oxygen atoms in total. The number of amides is 1. The van der Waals surface area contributed by atoms with Crippen molar-refractivity contribution in [1.29, 1.82) is 0 Å². The van der Waals surface area contributed by atoms with E-state index in [0.29, 0.717) is 28.6 Å². The lowest BCUT2D eigenvalue weighted by molar-refractivity contribution is -0.149. The molecule has 0 radical (unpaired) electrons. The molecule has 1 atom stereocenters. The number of hydrogen-bond acceptors (Lipinski definition) is 7. The third-order valence-electron chi connectivity index (χ3n) is 4.17. The zero-order valence-electron chi connectivity index (χ0n) is 13.6. The maximum atomic E-state index is 12.3. The molecule has 1 fully saturated rings. The number of aromatic nitrogens is 1. The second-order valence-electron chi connectivity index (χ2n) is 5.98. The minimum atomic E-state index is -0.508. The number of hydrogen-bond donors (Lipinski definition) is 0. The van der Waals surface area contributed by atoms with Crippen LogP contribution in [0.4, 0.5) is 5.69 Å². The highest BCUT2D eigenvalue weighted by Crippen LogP contribution is 2.37. The molecule has 1 saturated heterocycles. The summed E-state index contributed by atoms with van der Waals surface area (Å²) in [5.74, 6) is 0.837. The van der Waals surface area contributed by atoms with E-state index in [1.807, 2.05) is 0 Å². The summed E-state index contributed by atoms with van der Waals surface area (Å²) in [6.45, 7) is 2.24. The molecule has 0 N–H and O–H groups in total. The van der Waals surface area contributed by atoms with Gasteiger partial charge >= 0.3 is 5.97 Å². The van der Waals surface area contributed by atoms with Gasteiger partial charge in [-0.2, -0.15) is 0 Å². The average molecular weight is 344 g/mol. The Balaban J connectivity index is 1.40. The first-order chi connectivity index (χ1) is 12.1. The summed E-state index contributed by atoms with van der Waals surface area (Å²) in [4.78, 5) is 26.1. The fourth-order valence-corrected chi connectivity index (χ4v) is 2.92. The van der Waals surface area contributed by atoms with E-state index in [1.165, 1.54) is 0 Å². The van der Waals surface area contributed by atoms with Crippen LogP contribution in [0.25, 0.3) is 0 Å². The van der Waals surface area contributed by atoms with Gasteiger partial charge in [0, 0.05) is 30.8 Å². The van der Waals surface area contributed by atoms with E-state index in [-0.39, 0.29) is 32.3 Å². The molecule has 0 aliphatic carbocycles. The Morgan fingerprint density at radius 2 is 2.16 bits per heavy atom.